The van der Waals surface area contributed by atoms with Crippen LogP contribution in [0.15, 0.2) is 24.3 Å². The van der Waals surface area contributed by atoms with Gasteiger partial charge in [-0.3, -0.25) is 4.79 Å². The Morgan fingerprint density at radius 1 is 1.38 bits per heavy atom. The molecule has 0 atom stereocenters. The lowest BCUT2D eigenvalue weighted by atomic mass is 10.1. The first kappa shape index (κ1) is 12.7. The molecule has 0 N–H and O–H groups in total. The molecule has 1 aromatic carbocycles. The van der Waals surface area contributed by atoms with Crippen molar-refractivity contribution >= 4 is 12.0 Å². The van der Waals surface area contributed by atoms with Gasteiger partial charge in [0.05, 0.1) is 6.61 Å². The zero-order valence-electron chi connectivity index (χ0n) is 10.1. The van der Waals surface area contributed by atoms with E-state index in [2.05, 4.69) is 18.7 Å². The topological polar surface area (TPSA) is 29.5 Å². The van der Waals surface area contributed by atoms with Crippen LogP contribution in [0.2, 0.25) is 0 Å². The van der Waals surface area contributed by atoms with Crippen molar-refractivity contribution in [3.05, 3.63) is 29.8 Å². The van der Waals surface area contributed by atoms with Crippen LogP contribution in [0.1, 0.15) is 24.2 Å². The second kappa shape index (κ2) is 6.28. The van der Waals surface area contributed by atoms with Crippen LogP contribution in [-0.4, -0.2) is 32.6 Å². The molecular weight excluding hydrogens is 202 g/mol. The number of nitrogens with zero attached hydrogens (tertiary/aromatic N) is 1. The summed E-state index contributed by atoms with van der Waals surface area (Å²) in [5, 5.41) is 0. The van der Waals surface area contributed by atoms with Gasteiger partial charge in [0.1, 0.15) is 0 Å². The molecule has 0 bridgehead atoms. The van der Waals surface area contributed by atoms with E-state index < -0.39 is 0 Å². The van der Waals surface area contributed by atoms with Gasteiger partial charge < -0.3 is 9.64 Å². The minimum Gasteiger partial charge on any atom is -0.383 e. The number of hydrogen-bond acceptors (Lipinski definition) is 3. The number of hydrogen-bond donors (Lipinski definition) is 0. The molecule has 0 saturated heterocycles. The van der Waals surface area contributed by atoms with Crippen LogP contribution in [0.5, 0.6) is 0 Å². The highest BCUT2D eigenvalue weighted by atomic mass is 16.5. The van der Waals surface area contributed by atoms with Gasteiger partial charge in [-0.15, -0.1) is 0 Å². The van der Waals surface area contributed by atoms with E-state index in [1.807, 2.05) is 24.3 Å². The molecule has 16 heavy (non-hydrogen) atoms. The Labute approximate surface area is 97.0 Å². The monoisotopic (exact) mass is 221 g/mol. The van der Waals surface area contributed by atoms with Crippen molar-refractivity contribution < 1.29 is 9.53 Å². The minimum absolute atomic E-state index is 0.344. The molecule has 0 saturated carbocycles. The summed E-state index contributed by atoms with van der Waals surface area (Å²) in [5.41, 5.74) is 1.71. The summed E-state index contributed by atoms with van der Waals surface area (Å²) in [7, 11) is 1.68. The first-order valence-electron chi connectivity index (χ1n) is 5.50. The molecule has 0 radical (unpaired) electrons. The van der Waals surface area contributed by atoms with E-state index in [1.54, 1.807) is 7.11 Å². The van der Waals surface area contributed by atoms with E-state index in [1.165, 1.54) is 0 Å². The predicted molar refractivity (Wildman–Crippen MR) is 66.2 cm³/mol. The van der Waals surface area contributed by atoms with Gasteiger partial charge in [0.15, 0.2) is 6.29 Å². The second-order valence-corrected chi connectivity index (χ2v) is 3.96. The van der Waals surface area contributed by atoms with Crippen LogP contribution in [-0.2, 0) is 4.74 Å². The van der Waals surface area contributed by atoms with Gasteiger partial charge in [-0.2, -0.15) is 0 Å². The van der Waals surface area contributed by atoms with Gasteiger partial charge in [0.2, 0.25) is 0 Å². The number of benzene rings is 1. The summed E-state index contributed by atoms with van der Waals surface area (Å²) in [4.78, 5) is 13.1. The molecule has 3 nitrogen and oxygen atoms in total. The molecule has 0 aliphatic carbocycles. The van der Waals surface area contributed by atoms with Crippen molar-refractivity contribution in [2.75, 3.05) is 25.2 Å². The molecule has 0 aliphatic rings. The maximum absolute atomic E-state index is 11.0. The second-order valence-electron chi connectivity index (χ2n) is 3.96. The molecule has 0 fully saturated rings. The quantitative estimate of drug-likeness (QED) is 0.691. The van der Waals surface area contributed by atoms with Gasteiger partial charge in [0.25, 0.3) is 0 Å². The van der Waals surface area contributed by atoms with Crippen molar-refractivity contribution in [1.82, 2.24) is 0 Å². The molecule has 0 amide bonds. The van der Waals surface area contributed by atoms with Crippen LogP contribution in [0.25, 0.3) is 0 Å². The summed E-state index contributed by atoms with van der Waals surface area (Å²) < 4.78 is 5.09. The standard InChI is InChI=1S/C13H19NO2/c1-11(2)14(8-9-16-3)13-7-5-4-6-12(13)10-15/h4-7,10-11H,8-9H2,1-3H3. The lowest BCUT2D eigenvalue weighted by Gasteiger charge is -2.29. The van der Waals surface area contributed by atoms with E-state index in [0.717, 1.165) is 24.1 Å². The molecule has 3 heteroatoms. The number of ether oxygens (including phenoxy) is 1. The molecule has 0 aliphatic heterocycles. The zero-order chi connectivity index (χ0) is 12.0. The van der Waals surface area contributed by atoms with Gasteiger partial charge in [-0.1, -0.05) is 12.1 Å². The highest BCUT2D eigenvalue weighted by molar-refractivity contribution is 5.84. The third kappa shape index (κ3) is 3.07. The molecule has 0 heterocycles. The first-order chi connectivity index (χ1) is 7.70. The molecular formula is C13H19NO2. The highest BCUT2D eigenvalue weighted by Crippen LogP contribution is 2.20. The average Bonchev–Trinajstić information content (AvgIpc) is 2.29. The van der Waals surface area contributed by atoms with Crippen LogP contribution >= 0.6 is 0 Å². The van der Waals surface area contributed by atoms with Crippen LogP contribution in [0, 0.1) is 0 Å². The lowest BCUT2D eigenvalue weighted by molar-refractivity contribution is 0.112. The third-order valence-corrected chi connectivity index (χ3v) is 2.53. The number of anilines is 1. The molecule has 88 valence electrons. The van der Waals surface area contributed by atoms with Gasteiger partial charge in [-0.05, 0) is 26.0 Å². The Bertz CT molecular complexity index is 336. The van der Waals surface area contributed by atoms with Gasteiger partial charge in [-0.25, -0.2) is 0 Å². The summed E-state index contributed by atoms with van der Waals surface area (Å²) in [6, 6.07) is 7.98. The zero-order valence-corrected chi connectivity index (χ0v) is 10.1. The lowest BCUT2D eigenvalue weighted by Crippen LogP contribution is -2.34. The number of methoxy groups -OCH3 is 1. The van der Waals surface area contributed by atoms with Crippen molar-refractivity contribution in [2.24, 2.45) is 0 Å². The Balaban J connectivity index is 2.95. The van der Waals surface area contributed by atoms with Crippen molar-refractivity contribution in [3.8, 4) is 0 Å². The average molecular weight is 221 g/mol. The van der Waals surface area contributed by atoms with Gasteiger partial charge >= 0.3 is 0 Å². The maximum atomic E-state index is 11.0. The number of carbonyl (C=O) groups is 1. The largest absolute Gasteiger partial charge is 0.383 e. The summed E-state index contributed by atoms with van der Waals surface area (Å²) >= 11 is 0. The Morgan fingerprint density at radius 3 is 2.62 bits per heavy atom. The van der Waals surface area contributed by atoms with E-state index in [-0.39, 0.29) is 0 Å². The number of carbonyl (C=O) groups excluding carboxylic acids is 1. The SMILES string of the molecule is COCCN(c1ccccc1C=O)C(C)C. The van der Waals surface area contributed by atoms with Gasteiger partial charge in [0, 0.05) is 30.9 Å². The fourth-order valence-electron chi connectivity index (χ4n) is 1.70. The number of para-hydroxylation sites is 1. The first-order valence-corrected chi connectivity index (χ1v) is 5.50. The smallest absolute Gasteiger partial charge is 0.152 e. The van der Waals surface area contributed by atoms with Crippen molar-refractivity contribution in [2.45, 2.75) is 19.9 Å². The fourth-order valence-corrected chi connectivity index (χ4v) is 1.70. The van der Waals surface area contributed by atoms with Crippen molar-refractivity contribution in [3.63, 3.8) is 0 Å². The predicted octanol–water partition coefficient (Wildman–Crippen LogP) is 2.36. The third-order valence-electron chi connectivity index (χ3n) is 2.53. The fraction of sp³-hybridized carbons (Fsp3) is 0.462. The molecule has 0 unspecified atom stereocenters. The molecule has 1 rings (SSSR count). The summed E-state index contributed by atoms with van der Waals surface area (Å²) in [5.74, 6) is 0. The Kier molecular flexibility index (Phi) is 4.99. The van der Waals surface area contributed by atoms with Crippen LogP contribution in [0.4, 0.5) is 5.69 Å². The highest BCUT2D eigenvalue weighted by Gasteiger charge is 2.13. The van der Waals surface area contributed by atoms with Crippen LogP contribution < -0.4 is 4.90 Å². The van der Waals surface area contributed by atoms with Crippen molar-refractivity contribution in [1.29, 1.82) is 0 Å². The van der Waals surface area contributed by atoms with E-state index in [0.29, 0.717) is 12.6 Å². The van der Waals surface area contributed by atoms with Crippen LogP contribution in [0.3, 0.4) is 0 Å². The molecule has 0 aromatic heterocycles. The van der Waals surface area contributed by atoms with E-state index in [4.69, 9.17) is 4.74 Å². The number of rotatable bonds is 6. The minimum atomic E-state index is 0.344. The summed E-state index contributed by atoms with van der Waals surface area (Å²) in [6.45, 7) is 5.67. The molecule has 0 spiro atoms. The molecule has 1 aromatic rings. The number of aldehydes is 1. The normalized spacial score (nSPS) is 10.5. The van der Waals surface area contributed by atoms with E-state index >= 15 is 0 Å². The van der Waals surface area contributed by atoms with E-state index in [9.17, 15) is 4.79 Å². The maximum Gasteiger partial charge on any atom is 0.152 e. The Morgan fingerprint density at radius 2 is 2.06 bits per heavy atom. The summed E-state index contributed by atoms with van der Waals surface area (Å²) in [6.07, 6.45) is 0.900. The Hall–Kier alpha value is -1.35.